The van der Waals surface area contributed by atoms with E-state index >= 15 is 0 Å². The molecule has 4 rings (SSSR count). The van der Waals surface area contributed by atoms with Gasteiger partial charge >= 0.3 is 0 Å². The monoisotopic (exact) mass is 464 g/mol. The number of hydrogen-bond donors (Lipinski definition) is 2. The van der Waals surface area contributed by atoms with E-state index in [1.54, 1.807) is 6.20 Å². The van der Waals surface area contributed by atoms with Crippen molar-refractivity contribution >= 4 is 19.0 Å². The fourth-order valence-electron chi connectivity index (χ4n) is 5.66. The van der Waals surface area contributed by atoms with Crippen molar-refractivity contribution in [3.63, 3.8) is 0 Å². The van der Waals surface area contributed by atoms with E-state index in [0.717, 1.165) is 48.0 Å². The molecule has 3 aromatic rings. The molecule has 33 heavy (non-hydrogen) atoms. The van der Waals surface area contributed by atoms with Gasteiger partial charge in [-0.25, -0.2) is 4.68 Å². The highest BCUT2D eigenvalue weighted by Gasteiger charge is 2.41. The maximum atomic E-state index is 12.2. The number of ether oxygens (including phenoxy) is 1. The summed E-state index contributed by atoms with van der Waals surface area (Å²) < 4.78 is 8.08. The second-order valence-corrected chi connectivity index (χ2v) is 15.7. The lowest BCUT2D eigenvalue weighted by Crippen LogP contribution is -2.43. The molecule has 6 nitrogen and oxygen atoms in total. The lowest BCUT2D eigenvalue weighted by Gasteiger charge is -2.38. The van der Waals surface area contributed by atoms with Crippen molar-refractivity contribution in [1.82, 2.24) is 20.0 Å². The van der Waals surface area contributed by atoms with E-state index in [4.69, 9.17) is 9.84 Å². The first-order valence-electron chi connectivity index (χ1n) is 12.2. The van der Waals surface area contributed by atoms with Crippen LogP contribution in [0.2, 0.25) is 16.6 Å². The molecule has 176 valence electrons. The maximum Gasteiger partial charge on any atom is 0.271 e. The van der Waals surface area contributed by atoms with Crippen molar-refractivity contribution in [2.75, 3.05) is 6.61 Å². The first-order valence-corrected chi connectivity index (χ1v) is 14.4. The third-order valence-electron chi connectivity index (χ3n) is 7.36. The number of hydrogen-bond acceptors (Lipinski definition) is 3. The summed E-state index contributed by atoms with van der Waals surface area (Å²) in [6.07, 6.45) is 4.81. The molecule has 0 bridgehead atoms. The van der Waals surface area contributed by atoms with Crippen LogP contribution < -0.4 is 5.56 Å². The molecule has 0 aliphatic carbocycles. The van der Waals surface area contributed by atoms with Crippen LogP contribution in [-0.4, -0.2) is 34.7 Å². The van der Waals surface area contributed by atoms with Crippen LogP contribution >= 0.6 is 0 Å². The van der Waals surface area contributed by atoms with Gasteiger partial charge in [0.05, 0.1) is 11.1 Å². The Labute approximate surface area is 197 Å². The molecule has 2 aromatic heterocycles. The second kappa shape index (κ2) is 9.36. The van der Waals surface area contributed by atoms with E-state index in [0.29, 0.717) is 22.2 Å². The predicted octanol–water partition coefficient (Wildman–Crippen LogP) is 5.99. The number of aromatic amines is 2. The molecule has 7 heteroatoms. The molecule has 2 N–H and O–H groups in total. The summed E-state index contributed by atoms with van der Waals surface area (Å²) in [5.41, 5.74) is 8.61. The smallest absolute Gasteiger partial charge is 0.271 e. The average Bonchev–Trinajstić information content (AvgIpc) is 3.37. The zero-order valence-corrected chi connectivity index (χ0v) is 21.7. The fraction of sp³-hybridized carbons (Fsp3) is 0.538. The van der Waals surface area contributed by atoms with Gasteiger partial charge in [0, 0.05) is 18.2 Å². The molecular formula is C26H36N4O2Si. The van der Waals surface area contributed by atoms with Gasteiger partial charge in [-0.1, -0.05) is 53.5 Å². The van der Waals surface area contributed by atoms with E-state index in [9.17, 15) is 4.79 Å². The Bertz CT molecular complexity index is 1210. The quantitative estimate of drug-likeness (QED) is 0.360. The number of nitrogens with one attached hydrogen (secondary N) is 2. The summed E-state index contributed by atoms with van der Waals surface area (Å²) in [4.78, 5) is 12.2. The summed E-state index contributed by atoms with van der Waals surface area (Å²) in [7, 11) is -1.91. The Morgan fingerprint density at radius 1 is 1.12 bits per heavy atom. The topological polar surface area (TPSA) is 75.7 Å². The first-order chi connectivity index (χ1) is 15.8. The summed E-state index contributed by atoms with van der Waals surface area (Å²) in [5.74, 6) is 3.55. The van der Waals surface area contributed by atoms with Crippen molar-refractivity contribution < 1.29 is 4.74 Å². The Hall–Kier alpha value is -2.56. The second-order valence-electron chi connectivity index (χ2n) is 10.1. The molecule has 0 saturated carbocycles. The standard InChI is InChI=1S/C26H36N4O2Si/c1-17(2)33(18(3)4,19(5)6)14-12-23-21-15-20(22-16-27-28-26(22)31)10-11-24(21)30(29-23)25-9-7-8-13-32-25/h10-11,15-19,25H,7-9,13H2,1-6H3,(H2,27,28,31). The highest BCUT2D eigenvalue weighted by Crippen LogP contribution is 2.41. The normalized spacial score (nSPS) is 17.2. The first kappa shape index (κ1) is 23.6. The van der Waals surface area contributed by atoms with Gasteiger partial charge in [0.15, 0.2) is 6.23 Å². The van der Waals surface area contributed by atoms with Crippen LogP contribution in [0.25, 0.3) is 22.0 Å². The van der Waals surface area contributed by atoms with Crippen LogP contribution in [0.4, 0.5) is 0 Å². The van der Waals surface area contributed by atoms with Gasteiger partial charge < -0.3 is 9.84 Å². The minimum atomic E-state index is -1.91. The van der Waals surface area contributed by atoms with Gasteiger partial charge in [-0.3, -0.25) is 9.89 Å². The van der Waals surface area contributed by atoms with Crippen LogP contribution in [0.1, 0.15) is 72.7 Å². The van der Waals surface area contributed by atoms with Crippen LogP contribution in [0.15, 0.2) is 29.2 Å². The zero-order valence-electron chi connectivity index (χ0n) is 20.7. The molecule has 1 aliphatic heterocycles. The Morgan fingerprint density at radius 3 is 2.42 bits per heavy atom. The van der Waals surface area contributed by atoms with E-state index in [1.807, 2.05) is 22.9 Å². The van der Waals surface area contributed by atoms with Crippen LogP contribution in [0.3, 0.4) is 0 Å². The molecule has 1 unspecified atom stereocenters. The minimum absolute atomic E-state index is 0.0689. The number of H-pyrrole nitrogens is 2. The average molecular weight is 465 g/mol. The van der Waals surface area contributed by atoms with E-state index < -0.39 is 8.07 Å². The molecule has 1 saturated heterocycles. The van der Waals surface area contributed by atoms with Crippen molar-refractivity contribution in [3.8, 4) is 22.6 Å². The summed E-state index contributed by atoms with van der Waals surface area (Å²) in [5, 5.41) is 11.4. The maximum absolute atomic E-state index is 12.2. The summed E-state index contributed by atoms with van der Waals surface area (Å²) >= 11 is 0. The van der Waals surface area contributed by atoms with E-state index in [1.165, 1.54) is 0 Å². The molecule has 1 aromatic carbocycles. The highest BCUT2D eigenvalue weighted by atomic mass is 28.3. The fourth-order valence-corrected chi connectivity index (χ4v) is 10.9. The molecule has 0 spiro atoms. The van der Waals surface area contributed by atoms with Crippen LogP contribution in [-0.2, 0) is 4.74 Å². The third-order valence-corrected chi connectivity index (χ3v) is 13.6. The number of aromatic nitrogens is 4. The molecule has 1 aliphatic rings. The number of rotatable bonds is 5. The van der Waals surface area contributed by atoms with Gasteiger partial charge in [-0.2, -0.15) is 5.10 Å². The lowest BCUT2D eigenvalue weighted by atomic mass is 10.1. The predicted molar refractivity (Wildman–Crippen MR) is 137 cm³/mol. The Morgan fingerprint density at radius 2 is 1.85 bits per heavy atom. The molecule has 1 atom stereocenters. The minimum Gasteiger partial charge on any atom is -0.356 e. The molecule has 3 heterocycles. The lowest BCUT2D eigenvalue weighted by molar-refractivity contribution is -0.0367. The van der Waals surface area contributed by atoms with Crippen LogP contribution in [0.5, 0.6) is 0 Å². The third kappa shape index (κ3) is 4.22. The largest absolute Gasteiger partial charge is 0.356 e. The van der Waals surface area contributed by atoms with Crippen LogP contribution in [0, 0.1) is 11.5 Å². The Balaban J connectivity index is 1.90. The SMILES string of the molecule is CC(C)[Si](C#Cc1nn(C2CCCCO2)c2ccc(-c3c[nH][nH]c3=O)cc12)(C(C)C)C(C)C. The van der Waals surface area contributed by atoms with Crippen molar-refractivity contribution in [2.45, 2.75) is 83.7 Å². The number of benzene rings is 1. The molecular weight excluding hydrogens is 428 g/mol. The van der Waals surface area contributed by atoms with Gasteiger partial charge in [0.1, 0.15) is 13.8 Å². The zero-order chi connectivity index (χ0) is 23.8. The number of nitrogens with zero attached hydrogens (tertiary/aromatic N) is 2. The van der Waals surface area contributed by atoms with Gasteiger partial charge in [0.2, 0.25) is 0 Å². The van der Waals surface area contributed by atoms with E-state index in [-0.39, 0.29) is 11.8 Å². The van der Waals surface area contributed by atoms with Crippen molar-refractivity contribution in [2.24, 2.45) is 0 Å². The highest BCUT2D eigenvalue weighted by molar-refractivity contribution is 6.90. The van der Waals surface area contributed by atoms with Crippen molar-refractivity contribution in [3.05, 3.63) is 40.4 Å². The molecule has 0 radical (unpaired) electrons. The van der Waals surface area contributed by atoms with Gasteiger partial charge in [-0.05, 0) is 53.6 Å². The molecule has 1 fully saturated rings. The van der Waals surface area contributed by atoms with E-state index in [2.05, 4.69) is 63.2 Å². The van der Waals surface area contributed by atoms with Gasteiger partial charge in [0.25, 0.3) is 5.56 Å². The Kier molecular flexibility index (Phi) is 6.69. The van der Waals surface area contributed by atoms with Crippen molar-refractivity contribution in [1.29, 1.82) is 0 Å². The number of fused-ring (bicyclic) bond motifs is 1. The summed E-state index contributed by atoms with van der Waals surface area (Å²) in [6.45, 7) is 14.7. The molecule has 0 amide bonds. The van der Waals surface area contributed by atoms with Gasteiger partial charge in [-0.15, -0.1) is 5.54 Å². The summed E-state index contributed by atoms with van der Waals surface area (Å²) in [6, 6.07) is 6.08.